The summed E-state index contributed by atoms with van der Waals surface area (Å²) in [6, 6.07) is 8.16. The minimum atomic E-state index is -3.64. The number of benzene rings is 1. The normalized spacial score (nSPS) is 18.9. The van der Waals surface area contributed by atoms with Gasteiger partial charge in [-0.25, -0.2) is 12.8 Å². The average Bonchev–Trinajstić information content (AvgIpc) is 3.09. The lowest BCUT2D eigenvalue weighted by Crippen LogP contribution is -2.49. The van der Waals surface area contributed by atoms with Crippen LogP contribution < -0.4 is 4.90 Å². The molecular weight excluding hydrogens is 431 g/mol. The summed E-state index contributed by atoms with van der Waals surface area (Å²) in [7, 11) is -1.91. The highest BCUT2D eigenvalue weighted by Gasteiger charge is 2.33. The number of piperidine rings is 1. The van der Waals surface area contributed by atoms with Gasteiger partial charge in [0, 0.05) is 52.0 Å². The topological polar surface area (TPSA) is 65.9 Å². The number of nitrogens with zero attached hydrogens (tertiary/aromatic N) is 4. The SMILES string of the molecule is Cc1c(S(=O)(=O)N2CCC(C)CC2)cc(C(=O)N2CCN(c3ccccc3F)CC2)n1C. The molecule has 0 atom stereocenters. The second kappa shape index (κ2) is 8.86. The number of carbonyl (C=O) groups excluding carboxylic acids is 1. The summed E-state index contributed by atoms with van der Waals surface area (Å²) in [5, 5.41) is 0. The molecule has 2 aliphatic rings. The molecule has 0 N–H and O–H groups in total. The van der Waals surface area contributed by atoms with Gasteiger partial charge in [-0.15, -0.1) is 0 Å². The standard InChI is InChI=1S/C23H31FN4O3S/c1-17-8-10-28(11-9-17)32(30,31)22-16-21(25(3)18(22)2)23(29)27-14-12-26(13-15-27)20-7-5-4-6-19(20)24/h4-7,16-17H,8-15H2,1-3H3. The van der Waals surface area contributed by atoms with Crippen LogP contribution in [0.3, 0.4) is 0 Å². The van der Waals surface area contributed by atoms with Crippen molar-refractivity contribution in [2.45, 2.75) is 31.6 Å². The summed E-state index contributed by atoms with van der Waals surface area (Å²) in [4.78, 5) is 17.1. The number of anilines is 1. The van der Waals surface area contributed by atoms with Gasteiger partial charge >= 0.3 is 0 Å². The highest BCUT2D eigenvalue weighted by atomic mass is 32.2. The number of halogens is 1. The fourth-order valence-electron chi connectivity index (χ4n) is 4.52. The lowest BCUT2D eigenvalue weighted by molar-refractivity contribution is 0.0736. The van der Waals surface area contributed by atoms with Gasteiger partial charge in [-0.2, -0.15) is 4.31 Å². The molecule has 0 saturated carbocycles. The highest BCUT2D eigenvalue weighted by molar-refractivity contribution is 7.89. The van der Waals surface area contributed by atoms with Gasteiger partial charge in [0.05, 0.1) is 5.69 Å². The Hall–Kier alpha value is -2.39. The third-order valence-corrected chi connectivity index (χ3v) is 8.84. The molecule has 0 bridgehead atoms. The molecule has 0 radical (unpaired) electrons. The summed E-state index contributed by atoms with van der Waals surface area (Å²) in [6.45, 7) is 6.85. The van der Waals surface area contributed by atoms with Crippen molar-refractivity contribution in [3.05, 3.63) is 47.5 Å². The Kier molecular flexibility index (Phi) is 6.31. The maximum Gasteiger partial charge on any atom is 0.270 e. The smallest absolute Gasteiger partial charge is 0.270 e. The van der Waals surface area contributed by atoms with E-state index < -0.39 is 10.0 Å². The Morgan fingerprint density at radius 1 is 1.03 bits per heavy atom. The minimum Gasteiger partial charge on any atom is -0.366 e. The van der Waals surface area contributed by atoms with Gasteiger partial charge in [-0.1, -0.05) is 19.1 Å². The van der Waals surface area contributed by atoms with Crippen LogP contribution in [0.4, 0.5) is 10.1 Å². The Morgan fingerprint density at radius 3 is 2.28 bits per heavy atom. The molecule has 1 aromatic carbocycles. The molecule has 2 aromatic rings. The predicted molar refractivity (Wildman–Crippen MR) is 122 cm³/mol. The van der Waals surface area contributed by atoms with Gasteiger partial charge < -0.3 is 14.4 Å². The van der Waals surface area contributed by atoms with Crippen molar-refractivity contribution in [3.8, 4) is 0 Å². The highest BCUT2D eigenvalue weighted by Crippen LogP contribution is 2.28. The number of para-hydroxylation sites is 1. The van der Waals surface area contributed by atoms with E-state index in [0.29, 0.717) is 62.3 Å². The number of rotatable bonds is 4. The van der Waals surface area contributed by atoms with Crippen LogP contribution in [0.25, 0.3) is 0 Å². The zero-order valence-corrected chi connectivity index (χ0v) is 19.7. The molecule has 32 heavy (non-hydrogen) atoms. The van der Waals surface area contributed by atoms with Crippen molar-refractivity contribution in [1.29, 1.82) is 0 Å². The summed E-state index contributed by atoms with van der Waals surface area (Å²) in [6.07, 6.45) is 1.70. The second-order valence-electron chi connectivity index (χ2n) is 8.86. The summed E-state index contributed by atoms with van der Waals surface area (Å²) in [5.74, 6) is 0.0586. The molecule has 0 aliphatic carbocycles. The van der Waals surface area contributed by atoms with Gasteiger partial charge in [0.2, 0.25) is 10.0 Å². The molecule has 1 amide bonds. The van der Waals surface area contributed by atoms with Crippen LogP contribution in [0.15, 0.2) is 35.2 Å². The average molecular weight is 463 g/mol. The Bertz CT molecular complexity index is 1100. The number of carbonyl (C=O) groups is 1. The monoisotopic (exact) mass is 462 g/mol. The van der Waals surface area contributed by atoms with Gasteiger partial charge in [0.25, 0.3) is 5.91 Å². The summed E-state index contributed by atoms with van der Waals surface area (Å²) >= 11 is 0. The fourth-order valence-corrected chi connectivity index (χ4v) is 6.26. The van der Waals surface area contributed by atoms with Crippen LogP contribution >= 0.6 is 0 Å². The van der Waals surface area contributed by atoms with Crippen LogP contribution in [-0.2, 0) is 17.1 Å². The van der Waals surface area contributed by atoms with Crippen molar-refractivity contribution in [3.63, 3.8) is 0 Å². The zero-order valence-electron chi connectivity index (χ0n) is 18.9. The third-order valence-electron chi connectivity index (χ3n) is 6.83. The lowest BCUT2D eigenvalue weighted by Gasteiger charge is -2.36. The van der Waals surface area contributed by atoms with E-state index in [1.54, 1.807) is 41.6 Å². The first-order chi connectivity index (χ1) is 15.2. The molecule has 1 aromatic heterocycles. The lowest BCUT2D eigenvalue weighted by atomic mass is 10.0. The van der Waals surface area contributed by atoms with E-state index in [9.17, 15) is 17.6 Å². The molecule has 0 spiro atoms. The third kappa shape index (κ3) is 4.15. The first-order valence-corrected chi connectivity index (χ1v) is 12.6. The van der Waals surface area contributed by atoms with E-state index in [2.05, 4.69) is 6.92 Å². The van der Waals surface area contributed by atoms with Crippen molar-refractivity contribution < 1.29 is 17.6 Å². The van der Waals surface area contributed by atoms with Crippen molar-refractivity contribution in [2.75, 3.05) is 44.2 Å². The van der Waals surface area contributed by atoms with Gasteiger partial charge in [-0.05, 0) is 43.9 Å². The van der Waals surface area contributed by atoms with Crippen LogP contribution in [-0.4, -0.2) is 67.4 Å². The summed E-state index contributed by atoms with van der Waals surface area (Å²) in [5.41, 5.74) is 1.47. The van der Waals surface area contributed by atoms with E-state index >= 15 is 0 Å². The zero-order chi connectivity index (χ0) is 23.0. The van der Waals surface area contributed by atoms with Gasteiger partial charge in [0.15, 0.2) is 0 Å². The number of sulfonamides is 1. The Morgan fingerprint density at radius 2 is 1.66 bits per heavy atom. The molecule has 9 heteroatoms. The van der Waals surface area contributed by atoms with E-state index in [1.807, 2.05) is 4.90 Å². The Balaban J connectivity index is 1.50. The predicted octanol–water partition coefficient (Wildman–Crippen LogP) is 2.86. The maximum absolute atomic E-state index is 14.1. The number of amides is 1. The molecule has 174 valence electrons. The molecule has 2 fully saturated rings. The number of hydrogen-bond acceptors (Lipinski definition) is 4. The van der Waals surface area contributed by atoms with Crippen LogP contribution in [0.2, 0.25) is 0 Å². The summed E-state index contributed by atoms with van der Waals surface area (Å²) < 4.78 is 43.8. The van der Waals surface area contributed by atoms with Crippen LogP contribution in [0, 0.1) is 18.7 Å². The molecule has 0 unspecified atom stereocenters. The quantitative estimate of drug-likeness (QED) is 0.701. The van der Waals surface area contributed by atoms with Crippen molar-refractivity contribution in [2.24, 2.45) is 13.0 Å². The largest absolute Gasteiger partial charge is 0.366 e. The Labute approximate surface area is 189 Å². The molecule has 4 rings (SSSR count). The number of piperazine rings is 1. The van der Waals surface area contributed by atoms with Crippen LogP contribution in [0.1, 0.15) is 35.9 Å². The van der Waals surface area contributed by atoms with Gasteiger partial charge in [-0.3, -0.25) is 4.79 Å². The molecular formula is C23H31FN4O3S. The van der Waals surface area contributed by atoms with E-state index in [1.165, 1.54) is 16.4 Å². The first kappa shape index (κ1) is 22.8. The molecule has 7 nitrogen and oxygen atoms in total. The molecule has 3 heterocycles. The second-order valence-corrected chi connectivity index (χ2v) is 10.8. The van der Waals surface area contributed by atoms with E-state index in [-0.39, 0.29) is 16.6 Å². The fraction of sp³-hybridized carbons (Fsp3) is 0.522. The minimum absolute atomic E-state index is 0.197. The first-order valence-electron chi connectivity index (χ1n) is 11.2. The maximum atomic E-state index is 14.1. The molecule has 2 aliphatic heterocycles. The van der Waals surface area contributed by atoms with E-state index in [0.717, 1.165) is 12.8 Å². The molecule has 2 saturated heterocycles. The van der Waals surface area contributed by atoms with E-state index in [4.69, 9.17) is 0 Å². The van der Waals surface area contributed by atoms with Gasteiger partial charge in [0.1, 0.15) is 16.4 Å². The number of hydrogen-bond donors (Lipinski definition) is 0. The van der Waals surface area contributed by atoms with Crippen molar-refractivity contribution >= 4 is 21.6 Å². The number of aromatic nitrogens is 1. The van der Waals surface area contributed by atoms with Crippen LogP contribution in [0.5, 0.6) is 0 Å². The van der Waals surface area contributed by atoms with Crippen molar-refractivity contribution in [1.82, 2.24) is 13.8 Å².